The highest BCUT2D eigenvalue weighted by molar-refractivity contribution is 7.12. The molecule has 1 amide bonds. The Kier molecular flexibility index (Phi) is 3.94. The van der Waals surface area contributed by atoms with Crippen molar-refractivity contribution in [3.63, 3.8) is 0 Å². The fraction of sp³-hybridized carbons (Fsp3) is 0.312. The number of fused-ring (bicyclic) bond motifs is 1. The number of nitrogens with two attached hydrogens (primary N) is 1. The molecule has 2 aromatic rings. The monoisotopic (exact) mass is 302 g/mol. The van der Waals surface area contributed by atoms with Crippen LogP contribution in [0.4, 0.5) is 0 Å². The van der Waals surface area contributed by atoms with Crippen molar-refractivity contribution in [2.45, 2.75) is 12.5 Å². The van der Waals surface area contributed by atoms with Crippen molar-refractivity contribution in [1.82, 2.24) is 4.90 Å². The van der Waals surface area contributed by atoms with Crippen molar-refractivity contribution in [1.29, 1.82) is 0 Å². The summed E-state index contributed by atoms with van der Waals surface area (Å²) in [5.41, 5.74) is 8.40. The normalized spacial score (nSPS) is 17.4. The first-order chi connectivity index (χ1) is 10.3. The summed E-state index contributed by atoms with van der Waals surface area (Å²) in [5, 5.41) is 1.88. The minimum atomic E-state index is -0.0609. The van der Waals surface area contributed by atoms with Crippen LogP contribution in [0.2, 0.25) is 0 Å². The highest BCUT2D eigenvalue weighted by atomic mass is 32.1. The maximum Gasteiger partial charge on any atom is 0.268 e. The Labute approximate surface area is 128 Å². The summed E-state index contributed by atoms with van der Waals surface area (Å²) in [6.07, 6.45) is 0.867. The zero-order valence-corrected chi connectivity index (χ0v) is 12.7. The van der Waals surface area contributed by atoms with E-state index in [1.54, 1.807) is 7.11 Å². The fourth-order valence-electron chi connectivity index (χ4n) is 2.89. The zero-order valence-electron chi connectivity index (χ0n) is 11.9. The van der Waals surface area contributed by atoms with Gasteiger partial charge in [-0.05, 0) is 29.0 Å². The molecular formula is C16H18N2O2S. The van der Waals surface area contributed by atoms with Gasteiger partial charge < -0.3 is 15.4 Å². The maximum absolute atomic E-state index is 12.8. The lowest BCUT2D eigenvalue weighted by Gasteiger charge is -2.36. The van der Waals surface area contributed by atoms with Gasteiger partial charge in [0.1, 0.15) is 10.6 Å². The molecule has 1 aromatic carbocycles. The van der Waals surface area contributed by atoms with Crippen LogP contribution in [0.3, 0.4) is 0 Å². The summed E-state index contributed by atoms with van der Waals surface area (Å²) in [4.78, 5) is 15.3. The van der Waals surface area contributed by atoms with Gasteiger partial charge in [-0.2, -0.15) is 0 Å². The van der Waals surface area contributed by atoms with Gasteiger partial charge in [0.25, 0.3) is 5.91 Å². The Morgan fingerprint density at radius 3 is 3.00 bits per heavy atom. The lowest BCUT2D eigenvalue weighted by molar-refractivity contribution is 0.0670. The van der Waals surface area contributed by atoms with Crippen molar-refractivity contribution in [3.8, 4) is 5.75 Å². The number of benzene rings is 1. The molecule has 0 aliphatic carbocycles. The number of amides is 1. The number of hydrogen-bond acceptors (Lipinski definition) is 4. The summed E-state index contributed by atoms with van der Waals surface area (Å²) in [7, 11) is 1.59. The van der Waals surface area contributed by atoms with E-state index in [1.807, 2.05) is 28.5 Å². The number of nitrogens with zero attached hydrogens (tertiary/aromatic N) is 1. The zero-order chi connectivity index (χ0) is 14.8. The third-order valence-corrected chi connectivity index (χ3v) is 4.82. The first kappa shape index (κ1) is 14.1. The van der Waals surface area contributed by atoms with Crippen molar-refractivity contribution in [2.75, 3.05) is 20.2 Å². The Morgan fingerprint density at radius 2 is 2.24 bits per heavy atom. The fourth-order valence-corrected chi connectivity index (χ4v) is 3.71. The number of hydrogen-bond donors (Lipinski definition) is 1. The molecule has 0 fully saturated rings. The Morgan fingerprint density at radius 1 is 1.43 bits per heavy atom. The summed E-state index contributed by atoms with van der Waals surface area (Å²) in [6, 6.07) is 9.98. The van der Waals surface area contributed by atoms with Gasteiger partial charge in [0.15, 0.2) is 0 Å². The van der Waals surface area contributed by atoms with Crippen LogP contribution < -0.4 is 10.5 Å². The quantitative estimate of drug-likeness (QED) is 0.947. The molecule has 1 aliphatic heterocycles. The summed E-state index contributed by atoms with van der Waals surface area (Å²) in [6.45, 7) is 1.12. The van der Waals surface area contributed by atoms with Crippen LogP contribution in [0, 0.1) is 0 Å². The second-order valence-electron chi connectivity index (χ2n) is 5.02. The van der Waals surface area contributed by atoms with E-state index >= 15 is 0 Å². The van der Waals surface area contributed by atoms with Gasteiger partial charge in [0.2, 0.25) is 0 Å². The van der Waals surface area contributed by atoms with Gasteiger partial charge in [-0.15, -0.1) is 11.3 Å². The van der Waals surface area contributed by atoms with Gasteiger partial charge >= 0.3 is 0 Å². The number of rotatable bonds is 3. The topological polar surface area (TPSA) is 55.6 Å². The van der Waals surface area contributed by atoms with E-state index in [2.05, 4.69) is 12.1 Å². The molecule has 1 unspecified atom stereocenters. The molecule has 0 bridgehead atoms. The minimum absolute atomic E-state index is 0.00630. The molecule has 2 heterocycles. The molecule has 1 aromatic heterocycles. The average Bonchev–Trinajstić information content (AvgIpc) is 3.01. The highest BCUT2D eigenvalue weighted by Crippen LogP contribution is 2.33. The molecule has 1 aliphatic rings. The first-order valence-electron chi connectivity index (χ1n) is 6.96. The molecule has 0 saturated heterocycles. The van der Waals surface area contributed by atoms with Crippen LogP contribution in [-0.2, 0) is 6.42 Å². The molecule has 2 N–H and O–H groups in total. The molecule has 5 heteroatoms. The van der Waals surface area contributed by atoms with E-state index in [0.29, 0.717) is 23.7 Å². The highest BCUT2D eigenvalue weighted by Gasteiger charge is 2.31. The SMILES string of the molecule is COc1ccsc1C(=O)N1CCc2ccccc2C1CN. The second-order valence-corrected chi connectivity index (χ2v) is 5.93. The Bertz CT molecular complexity index is 653. The number of thiophene rings is 1. The third kappa shape index (κ3) is 2.43. The summed E-state index contributed by atoms with van der Waals surface area (Å²) < 4.78 is 5.27. The van der Waals surface area contributed by atoms with E-state index in [0.717, 1.165) is 12.0 Å². The van der Waals surface area contributed by atoms with Gasteiger partial charge in [-0.1, -0.05) is 24.3 Å². The number of carbonyl (C=O) groups excluding carboxylic acids is 1. The lowest BCUT2D eigenvalue weighted by atomic mass is 9.92. The Balaban J connectivity index is 1.94. The molecule has 0 saturated carbocycles. The maximum atomic E-state index is 12.8. The lowest BCUT2D eigenvalue weighted by Crippen LogP contribution is -2.43. The van der Waals surface area contributed by atoms with Crippen LogP contribution in [0.1, 0.15) is 26.8 Å². The van der Waals surface area contributed by atoms with Crippen molar-refractivity contribution in [3.05, 3.63) is 51.7 Å². The standard InChI is InChI=1S/C16H18N2O2S/c1-20-14-7-9-21-15(14)16(19)18-8-6-11-4-2-3-5-12(11)13(18)10-17/h2-5,7,9,13H,6,8,10,17H2,1H3. The van der Waals surface area contributed by atoms with E-state index in [9.17, 15) is 4.79 Å². The molecule has 0 radical (unpaired) electrons. The smallest absolute Gasteiger partial charge is 0.268 e. The average molecular weight is 302 g/mol. The van der Waals surface area contributed by atoms with Crippen molar-refractivity contribution >= 4 is 17.2 Å². The van der Waals surface area contributed by atoms with E-state index < -0.39 is 0 Å². The number of carbonyl (C=O) groups is 1. The van der Waals surface area contributed by atoms with Crippen molar-refractivity contribution < 1.29 is 9.53 Å². The van der Waals surface area contributed by atoms with Crippen LogP contribution in [-0.4, -0.2) is 31.0 Å². The molecular weight excluding hydrogens is 284 g/mol. The number of ether oxygens (including phenoxy) is 1. The first-order valence-corrected chi connectivity index (χ1v) is 7.84. The van der Waals surface area contributed by atoms with E-state index in [-0.39, 0.29) is 11.9 Å². The van der Waals surface area contributed by atoms with E-state index in [4.69, 9.17) is 10.5 Å². The molecule has 1 atom stereocenters. The summed E-state index contributed by atoms with van der Waals surface area (Å²) in [5.74, 6) is 0.645. The molecule has 0 spiro atoms. The van der Waals surface area contributed by atoms with Gasteiger partial charge in [0.05, 0.1) is 13.2 Å². The van der Waals surface area contributed by atoms with Crippen molar-refractivity contribution in [2.24, 2.45) is 5.73 Å². The van der Waals surface area contributed by atoms with Crippen LogP contribution in [0.15, 0.2) is 35.7 Å². The van der Waals surface area contributed by atoms with Gasteiger partial charge in [-0.25, -0.2) is 0 Å². The van der Waals surface area contributed by atoms with E-state index in [1.165, 1.54) is 16.9 Å². The van der Waals surface area contributed by atoms with Gasteiger partial charge in [-0.3, -0.25) is 4.79 Å². The van der Waals surface area contributed by atoms with Crippen LogP contribution in [0.5, 0.6) is 5.75 Å². The Hall–Kier alpha value is -1.85. The molecule has 110 valence electrons. The largest absolute Gasteiger partial charge is 0.495 e. The summed E-state index contributed by atoms with van der Waals surface area (Å²) >= 11 is 1.41. The third-order valence-electron chi connectivity index (χ3n) is 3.94. The van der Waals surface area contributed by atoms with Crippen LogP contribution >= 0.6 is 11.3 Å². The predicted octanol–water partition coefficient (Wildman–Crippen LogP) is 2.46. The number of methoxy groups -OCH3 is 1. The minimum Gasteiger partial charge on any atom is -0.495 e. The van der Waals surface area contributed by atoms with Gasteiger partial charge in [0, 0.05) is 13.1 Å². The molecule has 21 heavy (non-hydrogen) atoms. The predicted molar refractivity (Wildman–Crippen MR) is 83.8 cm³/mol. The molecule has 3 rings (SSSR count). The second kappa shape index (κ2) is 5.87. The molecule has 4 nitrogen and oxygen atoms in total. The van der Waals surface area contributed by atoms with Crippen LogP contribution in [0.25, 0.3) is 0 Å².